The zero-order valence-electron chi connectivity index (χ0n) is 14.5. The molecule has 3 fully saturated rings. The Bertz CT molecular complexity index is 459. The van der Waals surface area contributed by atoms with Crippen LogP contribution in [0.2, 0.25) is 0 Å². The number of primary amides is 1. The van der Waals surface area contributed by atoms with Crippen LogP contribution in [-0.2, 0) is 19.1 Å². The molecule has 3 aliphatic rings. The predicted octanol–water partition coefficient (Wildman–Crippen LogP) is 0.184. The number of ether oxygens (including phenoxy) is 2. The molecule has 0 aromatic heterocycles. The first-order chi connectivity index (χ1) is 11.6. The van der Waals surface area contributed by atoms with Gasteiger partial charge >= 0.3 is 0 Å². The third-order valence-electron chi connectivity index (χ3n) is 5.65. The molecule has 7 nitrogen and oxygen atoms in total. The number of rotatable bonds is 4. The van der Waals surface area contributed by atoms with Crippen LogP contribution in [0, 0.1) is 11.8 Å². The molecule has 136 valence electrons. The Balaban J connectivity index is 1.50. The number of piperidine rings is 2. The third kappa shape index (κ3) is 3.90. The van der Waals surface area contributed by atoms with Crippen LogP contribution in [0.3, 0.4) is 0 Å². The van der Waals surface area contributed by atoms with Gasteiger partial charge < -0.3 is 20.1 Å². The van der Waals surface area contributed by atoms with Gasteiger partial charge in [-0.1, -0.05) is 0 Å². The number of likely N-dealkylation sites (tertiary alicyclic amines) is 2. The molecule has 2 amide bonds. The lowest BCUT2D eigenvalue weighted by molar-refractivity contribution is -0.141. The average molecular weight is 339 g/mol. The van der Waals surface area contributed by atoms with Gasteiger partial charge in [0, 0.05) is 19.0 Å². The van der Waals surface area contributed by atoms with E-state index in [1.165, 1.54) is 0 Å². The van der Waals surface area contributed by atoms with Crippen molar-refractivity contribution in [3.63, 3.8) is 0 Å². The van der Waals surface area contributed by atoms with Gasteiger partial charge in [0.2, 0.25) is 11.8 Å². The van der Waals surface area contributed by atoms with Gasteiger partial charge in [-0.15, -0.1) is 0 Å². The van der Waals surface area contributed by atoms with Crippen molar-refractivity contribution in [3.8, 4) is 0 Å². The first-order valence-corrected chi connectivity index (χ1v) is 9.11. The summed E-state index contributed by atoms with van der Waals surface area (Å²) >= 11 is 0. The predicted molar refractivity (Wildman–Crippen MR) is 87.9 cm³/mol. The van der Waals surface area contributed by atoms with E-state index in [1.807, 2.05) is 11.8 Å². The summed E-state index contributed by atoms with van der Waals surface area (Å²) < 4.78 is 11.2. The van der Waals surface area contributed by atoms with Crippen molar-refractivity contribution in [1.29, 1.82) is 0 Å². The molecule has 3 heterocycles. The van der Waals surface area contributed by atoms with Crippen molar-refractivity contribution < 1.29 is 19.1 Å². The molecule has 0 bridgehead atoms. The SMILES string of the molecule is CC(C(=O)N1CCCC(C(N)=O)C1)N1CCC(C2OCCO2)CC1. The van der Waals surface area contributed by atoms with E-state index >= 15 is 0 Å². The van der Waals surface area contributed by atoms with E-state index in [9.17, 15) is 9.59 Å². The van der Waals surface area contributed by atoms with Crippen LogP contribution in [0.1, 0.15) is 32.6 Å². The monoisotopic (exact) mass is 339 g/mol. The zero-order chi connectivity index (χ0) is 17.1. The maximum atomic E-state index is 12.8. The smallest absolute Gasteiger partial charge is 0.239 e. The van der Waals surface area contributed by atoms with Crippen LogP contribution in [-0.4, -0.2) is 73.3 Å². The largest absolute Gasteiger partial charge is 0.369 e. The molecule has 0 spiro atoms. The molecular formula is C17H29N3O4. The highest BCUT2D eigenvalue weighted by atomic mass is 16.7. The van der Waals surface area contributed by atoms with Crippen LogP contribution >= 0.6 is 0 Å². The number of carbonyl (C=O) groups is 2. The Morgan fingerprint density at radius 2 is 1.75 bits per heavy atom. The van der Waals surface area contributed by atoms with E-state index in [-0.39, 0.29) is 30.1 Å². The summed E-state index contributed by atoms with van der Waals surface area (Å²) in [6, 6.07) is -0.150. The van der Waals surface area contributed by atoms with Crippen LogP contribution in [0.4, 0.5) is 0 Å². The first-order valence-electron chi connectivity index (χ1n) is 9.11. The molecule has 2 atom stereocenters. The number of hydrogen-bond donors (Lipinski definition) is 1. The summed E-state index contributed by atoms with van der Waals surface area (Å²) in [5.41, 5.74) is 5.41. The van der Waals surface area contributed by atoms with Gasteiger partial charge in [-0.05, 0) is 45.7 Å². The summed E-state index contributed by atoms with van der Waals surface area (Å²) in [6.07, 6.45) is 3.57. The maximum Gasteiger partial charge on any atom is 0.239 e. The number of nitrogens with zero attached hydrogens (tertiary/aromatic N) is 2. The summed E-state index contributed by atoms with van der Waals surface area (Å²) in [5, 5.41) is 0. The second-order valence-electron chi connectivity index (χ2n) is 7.19. The van der Waals surface area contributed by atoms with Gasteiger partial charge in [0.25, 0.3) is 0 Å². The van der Waals surface area contributed by atoms with Gasteiger partial charge in [-0.25, -0.2) is 0 Å². The highest BCUT2D eigenvalue weighted by Gasteiger charge is 2.35. The second kappa shape index (κ2) is 7.80. The molecule has 3 rings (SSSR count). The molecule has 0 aromatic rings. The Kier molecular flexibility index (Phi) is 5.73. The normalized spacial score (nSPS) is 28.9. The number of hydrogen-bond acceptors (Lipinski definition) is 5. The molecule has 0 saturated carbocycles. The highest BCUT2D eigenvalue weighted by Crippen LogP contribution is 2.27. The molecule has 0 radical (unpaired) electrons. The summed E-state index contributed by atoms with van der Waals surface area (Å²) in [4.78, 5) is 28.2. The Morgan fingerprint density at radius 1 is 1.08 bits per heavy atom. The molecular weight excluding hydrogens is 310 g/mol. The van der Waals surface area contributed by atoms with Gasteiger partial charge in [0.1, 0.15) is 0 Å². The first kappa shape index (κ1) is 17.6. The Hall–Kier alpha value is -1.18. The minimum Gasteiger partial charge on any atom is -0.369 e. The maximum absolute atomic E-state index is 12.8. The molecule has 0 aliphatic carbocycles. The van der Waals surface area contributed by atoms with E-state index < -0.39 is 0 Å². The number of amides is 2. The fourth-order valence-electron chi connectivity index (χ4n) is 4.06. The minimum atomic E-state index is -0.294. The summed E-state index contributed by atoms with van der Waals surface area (Å²) in [6.45, 7) is 6.32. The lowest BCUT2D eigenvalue weighted by Crippen LogP contribution is -2.53. The van der Waals surface area contributed by atoms with E-state index in [0.29, 0.717) is 25.7 Å². The topological polar surface area (TPSA) is 85.1 Å². The van der Waals surface area contributed by atoms with Gasteiger partial charge in [-0.2, -0.15) is 0 Å². The molecule has 3 saturated heterocycles. The van der Waals surface area contributed by atoms with Crippen LogP contribution in [0.25, 0.3) is 0 Å². The van der Waals surface area contributed by atoms with Gasteiger partial charge in [0.05, 0.1) is 25.2 Å². The Labute approximate surface area is 143 Å². The van der Waals surface area contributed by atoms with E-state index in [2.05, 4.69) is 4.90 Å². The summed E-state index contributed by atoms with van der Waals surface area (Å²) in [7, 11) is 0. The van der Waals surface area contributed by atoms with Crippen LogP contribution in [0.5, 0.6) is 0 Å². The molecule has 0 aromatic carbocycles. The molecule has 2 N–H and O–H groups in total. The second-order valence-corrected chi connectivity index (χ2v) is 7.19. The molecule has 7 heteroatoms. The molecule has 3 aliphatic heterocycles. The standard InChI is InChI=1S/C17H29N3O4/c1-12(16(22)20-6-2-3-14(11-20)15(18)21)19-7-4-13(5-8-19)17-23-9-10-24-17/h12-14,17H,2-11H2,1H3,(H2,18,21). The average Bonchev–Trinajstić information content (AvgIpc) is 3.15. The van der Waals surface area contributed by atoms with Crippen LogP contribution in [0.15, 0.2) is 0 Å². The Morgan fingerprint density at radius 3 is 2.38 bits per heavy atom. The molecule has 2 unspecified atom stereocenters. The van der Waals surface area contributed by atoms with Crippen molar-refractivity contribution in [1.82, 2.24) is 9.80 Å². The molecule has 24 heavy (non-hydrogen) atoms. The quantitative estimate of drug-likeness (QED) is 0.790. The van der Waals surface area contributed by atoms with E-state index in [0.717, 1.165) is 45.3 Å². The van der Waals surface area contributed by atoms with Gasteiger partial charge in [-0.3, -0.25) is 14.5 Å². The van der Waals surface area contributed by atoms with Crippen molar-refractivity contribution in [2.24, 2.45) is 17.6 Å². The highest BCUT2D eigenvalue weighted by molar-refractivity contribution is 5.83. The number of carbonyl (C=O) groups excluding carboxylic acids is 2. The van der Waals surface area contributed by atoms with Crippen LogP contribution < -0.4 is 5.73 Å². The fraction of sp³-hybridized carbons (Fsp3) is 0.882. The lowest BCUT2D eigenvalue weighted by atomic mass is 9.94. The van der Waals surface area contributed by atoms with Crippen molar-refractivity contribution in [2.75, 3.05) is 39.4 Å². The third-order valence-corrected chi connectivity index (χ3v) is 5.65. The van der Waals surface area contributed by atoms with E-state index in [1.54, 1.807) is 0 Å². The zero-order valence-corrected chi connectivity index (χ0v) is 14.5. The van der Waals surface area contributed by atoms with Crippen molar-refractivity contribution in [3.05, 3.63) is 0 Å². The minimum absolute atomic E-state index is 0.0587. The van der Waals surface area contributed by atoms with E-state index in [4.69, 9.17) is 15.2 Å². The van der Waals surface area contributed by atoms with Crippen molar-refractivity contribution >= 4 is 11.8 Å². The number of nitrogens with two attached hydrogens (primary N) is 1. The fourth-order valence-corrected chi connectivity index (χ4v) is 4.06. The van der Waals surface area contributed by atoms with Crippen molar-refractivity contribution in [2.45, 2.75) is 44.9 Å². The lowest BCUT2D eigenvalue weighted by Gasteiger charge is -2.39. The summed E-state index contributed by atoms with van der Waals surface area (Å²) in [5.74, 6) is 0.0582. The van der Waals surface area contributed by atoms with Gasteiger partial charge in [0.15, 0.2) is 6.29 Å².